The highest BCUT2D eigenvalue weighted by Gasteiger charge is 2.66. The predicted molar refractivity (Wildman–Crippen MR) is 197 cm³/mol. The van der Waals surface area contributed by atoms with E-state index in [0.29, 0.717) is 53.1 Å². The minimum atomic E-state index is -0.769. The van der Waals surface area contributed by atoms with Crippen molar-refractivity contribution in [3.8, 4) is 11.1 Å². The Morgan fingerprint density at radius 1 is 1.04 bits per heavy atom. The largest absolute Gasteiger partial charge is 0.377 e. The first kappa shape index (κ1) is 35.8. The first-order valence-electron chi connectivity index (χ1n) is 17.8. The number of likely N-dealkylation sites (tertiary alicyclic amines) is 1. The molecule has 5 heterocycles. The van der Waals surface area contributed by atoms with E-state index in [1.165, 1.54) is 6.92 Å². The molecule has 3 aromatic heterocycles. The number of rotatable bonds is 4. The highest BCUT2D eigenvalue weighted by molar-refractivity contribution is 9.10. The van der Waals surface area contributed by atoms with E-state index in [1.54, 1.807) is 28.0 Å². The van der Waals surface area contributed by atoms with E-state index in [1.807, 2.05) is 45.0 Å². The number of nitrogens with one attached hydrogen (secondary N) is 2. The third-order valence-corrected chi connectivity index (χ3v) is 11.2. The number of ether oxygens (including phenoxy) is 1. The molecule has 1 saturated carbocycles. The molecule has 7 rings (SSSR count). The Morgan fingerprint density at radius 2 is 1.83 bits per heavy atom. The summed E-state index contributed by atoms with van der Waals surface area (Å²) in [7, 11) is 0. The van der Waals surface area contributed by atoms with Crippen molar-refractivity contribution in [1.82, 2.24) is 34.9 Å². The quantitative estimate of drug-likeness (QED) is 0.205. The smallest absolute Gasteiger partial charge is 0.248 e. The number of ketones is 1. The van der Waals surface area contributed by atoms with E-state index in [2.05, 4.69) is 46.6 Å². The van der Waals surface area contributed by atoms with Gasteiger partial charge in [0.2, 0.25) is 17.7 Å². The number of anilines is 1. The van der Waals surface area contributed by atoms with Crippen molar-refractivity contribution >= 4 is 56.2 Å². The number of fused-ring (bicyclic) bond motifs is 3. The SMILES string of the molecule is CC(=O)c1nn(CC(=O)N2C3C[C@@]34CCNC(=O)C(C)(C)CCCCOCc3ccc(Br)nc3NC(=O)[C@@H]2C4)c2ccc(-c3cnc(C)nc3)cc12. The van der Waals surface area contributed by atoms with Crippen LogP contribution >= 0.6 is 15.9 Å². The molecule has 1 unspecified atom stereocenters. The van der Waals surface area contributed by atoms with Crippen LogP contribution in [0.2, 0.25) is 0 Å². The van der Waals surface area contributed by atoms with Crippen molar-refractivity contribution in [2.75, 3.05) is 18.5 Å². The minimum Gasteiger partial charge on any atom is -0.377 e. The average Bonchev–Trinajstić information content (AvgIpc) is 3.52. The molecule has 0 radical (unpaired) electrons. The van der Waals surface area contributed by atoms with Crippen molar-refractivity contribution < 1.29 is 23.9 Å². The lowest BCUT2D eigenvalue weighted by molar-refractivity contribution is -0.138. The van der Waals surface area contributed by atoms with Gasteiger partial charge in [0.25, 0.3) is 0 Å². The van der Waals surface area contributed by atoms with E-state index >= 15 is 0 Å². The minimum absolute atomic E-state index is 0.00108. The summed E-state index contributed by atoms with van der Waals surface area (Å²) in [5.41, 5.74) is 2.39. The lowest BCUT2D eigenvalue weighted by atomic mass is 9.86. The molecule has 1 aromatic carbocycles. The topological polar surface area (TPSA) is 161 Å². The zero-order chi connectivity index (χ0) is 36.8. The van der Waals surface area contributed by atoms with Gasteiger partial charge in [0.15, 0.2) is 5.78 Å². The van der Waals surface area contributed by atoms with Crippen LogP contribution in [0.3, 0.4) is 0 Å². The van der Waals surface area contributed by atoms with Gasteiger partial charge in [-0.05, 0) is 84.1 Å². The third kappa shape index (κ3) is 7.10. The molecule has 2 fully saturated rings. The number of hydrogen-bond donors (Lipinski definition) is 2. The monoisotopic (exact) mass is 770 g/mol. The fourth-order valence-electron chi connectivity index (χ4n) is 7.69. The second-order valence-corrected chi connectivity index (χ2v) is 15.8. The highest BCUT2D eigenvalue weighted by Crippen LogP contribution is 2.61. The Kier molecular flexibility index (Phi) is 9.72. The van der Waals surface area contributed by atoms with E-state index in [4.69, 9.17) is 4.74 Å². The molecular weight excluding hydrogens is 728 g/mol. The number of halogens is 1. The molecule has 4 aromatic rings. The molecule has 1 spiro atoms. The number of pyridine rings is 1. The van der Waals surface area contributed by atoms with E-state index in [0.717, 1.165) is 42.4 Å². The van der Waals surface area contributed by atoms with Crippen LogP contribution in [-0.4, -0.2) is 78.4 Å². The predicted octanol–water partition coefficient (Wildman–Crippen LogP) is 5.39. The molecule has 14 heteroatoms. The molecule has 2 N–H and O–H groups in total. The summed E-state index contributed by atoms with van der Waals surface area (Å²) >= 11 is 3.43. The normalized spacial score (nSPS) is 23.5. The first-order valence-corrected chi connectivity index (χ1v) is 18.6. The van der Waals surface area contributed by atoms with E-state index in [-0.39, 0.29) is 53.8 Å². The van der Waals surface area contributed by atoms with Crippen molar-refractivity contribution in [2.24, 2.45) is 10.8 Å². The maximum atomic E-state index is 14.4. The Morgan fingerprint density at radius 3 is 2.60 bits per heavy atom. The van der Waals surface area contributed by atoms with Gasteiger partial charge in [0.05, 0.1) is 12.1 Å². The van der Waals surface area contributed by atoms with E-state index in [9.17, 15) is 19.2 Å². The summed E-state index contributed by atoms with van der Waals surface area (Å²) < 4.78 is 8.08. The van der Waals surface area contributed by atoms with Crippen LogP contribution in [0.25, 0.3) is 22.0 Å². The summed E-state index contributed by atoms with van der Waals surface area (Å²) in [4.78, 5) is 69.4. The van der Waals surface area contributed by atoms with Gasteiger partial charge in [-0.3, -0.25) is 23.9 Å². The zero-order valence-corrected chi connectivity index (χ0v) is 31.5. The maximum Gasteiger partial charge on any atom is 0.248 e. The molecule has 3 atom stereocenters. The standard InChI is InChI=1S/C38H43BrN8O5/c1-22(48)33-27-15-24(26-18-41-23(2)42-19-26)7-9-28(27)46(45-33)20-32(49)47-29-16-38(17-30(38)47)12-13-40-36(51)37(3,4)11-5-6-14-52-21-25-8-10-31(39)43-34(25)44-35(29)50/h7-10,15,18-19,29-30H,5-6,11-14,16-17,20-21H2,1-4H3,(H,40,51)(H,43,44,50)/t29-,30?,38-/m0/s1. The lowest BCUT2D eigenvalue weighted by Crippen LogP contribution is -2.47. The molecule has 1 saturated heterocycles. The van der Waals surface area contributed by atoms with Gasteiger partial charge >= 0.3 is 0 Å². The van der Waals surface area contributed by atoms with Crippen LogP contribution in [0.5, 0.6) is 0 Å². The lowest BCUT2D eigenvalue weighted by Gasteiger charge is -2.27. The number of amides is 3. The number of aromatic nitrogens is 5. The van der Waals surface area contributed by atoms with Crippen LogP contribution in [-0.2, 0) is 32.3 Å². The zero-order valence-electron chi connectivity index (χ0n) is 29.9. The van der Waals surface area contributed by atoms with Gasteiger partial charge in [-0.15, -0.1) is 0 Å². The van der Waals surface area contributed by atoms with Crippen molar-refractivity contribution in [2.45, 2.75) is 91.5 Å². The van der Waals surface area contributed by atoms with Crippen molar-refractivity contribution in [1.29, 1.82) is 0 Å². The summed E-state index contributed by atoms with van der Waals surface area (Å²) in [6, 6.07) is 8.33. The third-order valence-electron chi connectivity index (χ3n) is 10.8. The number of carbonyl (C=O) groups excluding carboxylic acids is 4. The fraction of sp³-hybridized carbons (Fsp3) is 0.474. The van der Waals surface area contributed by atoms with Gasteiger partial charge in [0, 0.05) is 60.4 Å². The molecule has 52 heavy (non-hydrogen) atoms. The summed E-state index contributed by atoms with van der Waals surface area (Å²) in [6.45, 7) is 8.24. The average molecular weight is 772 g/mol. The number of Topliss-reactive ketones (excluding diaryl/α,β-unsaturated/α-hetero) is 1. The first-order chi connectivity index (χ1) is 24.8. The maximum absolute atomic E-state index is 14.4. The highest BCUT2D eigenvalue weighted by atomic mass is 79.9. The number of benzene rings is 1. The fourth-order valence-corrected chi connectivity index (χ4v) is 8.00. The van der Waals surface area contributed by atoms with Gasteiger partial charge in [-0.1, -0.05) is 32.4 Å². The Hall–Kier alpha value is -4.56. The summed E-state index contributed by atoms with van der Waals surface area (Å²) in [5, 5.41) is 11.4. The Balaban J connectivity index is 1.19. The molecule has 272 valence electrons. The molecule has 3 amide bonds. The van der Waals surface area contributed by atoms with E-state index < -0.39 is 11.5 Å². The Labute approximate surface area is 310 Å². The molecule has 2 aliphatic heterocycles. The molecule has 1 aliphatic carbocycles. The summed E-state index contributed by atoms with van der Waals surface area (Å²) in [6.07, 6.45) is 7.67. The molecular formula is C38H43BrN8O5. The number of piperidine rings is 1. The van der Waals surface area contributed by atoms with Crippen molar-refractivity contribution in [3.63, 3.8) is 0 Å². The molecule has 3 aliphatic rings. The van der Waals surface area contributed by atoms with Crippen LogP contribution in [0, 0.1) is 17.8 Å². The van der Waals surface area contributed by atoms with Crippen molar-refractivity contribution in [3.05, 3.63) is 64.4 Å². The second kappa shape index (κ2) is 14.1. The van der Waals surface area contributed by atoms with Gasteiger partial charge < -0.3 is 20.3 Å². The Bertz CT molecular complexity index is 2060. The molecule has 13 nitrogen and oxygen atoms in total. The van der Waals surface area contributed by atoms with Crippen LogP contribution in [0.15, 0.2) is 47.3 Å². The number of aryl methyl sites for hydroxylation is 1. The van der Waals surface area contributed by atoms with Gasteiger partial charge in [-0.2, -0.15) is 5.10 Å². The summed E-state index contributed by atoms with van der Waals surface area (Å²) in [5.74, 6) is 0.198. The number of nitrogens with zero attached hydrogens (tertiary/aromatic N) is 6. The second-order valence-electron chi connectivity index (χ2n) is 14.9. The van der Waals surface area contributed by atoms with Crippen LogP contribution < -0.4 is 10.6 Å². The number of carbonyl (C=O) groups is 4. The van der Waals surface area contributed by atoms with Crippen LogP contribution in [0.1, 0.15) is 81.2 Å². The van der Waals surface area contributed by atoms with Gasteiger partial charge in [-0.25, -0.2) is 15.0 Å². The van der Waals surface area contributed by atoms with Gasteiger partial charge in [0.1, 0.15) is 34.5 Å². The number of hydrogen-bond acceptors (Lipinski definition) is 9. The van der Waals surface area contributed by atoms with Crippen LogP contribution in [0.4, 0.5) is 5.82 Å². The molecule has 2 bridgehead atoms.